The third kappa shape index (κ3) is 2.58. The fourth-order valence-electron chi connectivity index (χ4n) is 1.39. The minimum absolute atomic E-state index is 0.490. The average molecular weight is 176 g/mol. The van der Waals surface area contributed by atoms with Gasteiger partial charge in [-0.15, -0.1) is 0 Å². The van der Waals surface area contributed by atoms with Crippen LogP contribution < -0.4 is 5.32 Å². The molecule has 0 unspecified atom stereocenters. The van der Waals surface area contributed by atoms with Crippen LogP contribution in [-0.4, -0.2) is 6.41 Å². The summed E-state index contributed by atoms with van der Waals surface area (Å²) in [6, 6.07) is 8.11. The molecule has 0 saturated carbocycles. The van der Waals surface area contributed by atoms with Crippen LogP contribution in [-0.2, 0) is 11.3 Å². The van der Waals surface area contributed by atoms with Crippen molar-refractivity contribution in [2.24, 2.45) is 0 Å². The molecule has 1 rings (SSSR count). The third-order valence-corrected chi connectivity index (χ3v) is 2.03. The van der Waals surface area contributed by atoms with Gasteiger partial charge in [-0.3, -0.25) is 4.79 Å². The van der Waals surface area contributed by atoms with E-state index >= 15 is 0 Å². The molecule has 0 saturated heterocycles. The lowest BCUT2D eigenvalue weighted by Crippen LogP contribution is -2.11. The molecule has 1 radical (unpaired) electrons. The van der Waals surface area contributed by atoms with Gasteiger partial charge in [0.1, 0.15) is 0 Å². The zero-order valence-electron chi connectivity index (χ0n) is 8.00. The van der Waals surface area contributed by atoms with E-state index in [0.29, 0.717) is 12.5 Å². The Morgan fingerprint density at radius 1 is 1.38 bits per heavy atom. The average Bonchev–Trinajstić information content (AvgIpc) is 2.15. The van der Waals surface area contributed by atoms with Crippen LogP contribution in [0.3, 0.4) is 0 Å². The Bertz CT molecular complexity index is 281. The molecular formula is C11H14NO. The summed E-state index contributed by atoms with van der Waals surface area (Å²) in [7, 11) is 0. The molecule has 13 heavy (non-hydrogen) atoms. The lowest BCUT2D eigenvalue weighted by atomic mass is 9.97. The predicted octanol–water partition coefficient (Wildman–Crippen LogP) is 1.97. The first kappa shape index (κ1) is 9.78. The summed E-state index contributed by atoms with van der Waals surface area (Å²) >= 11 is 0. The number of amides is 1. The van der Waals surface area contributed by atoms with Crippen molar-refractivity contribution < 1.29 is 4.79 Å². The molecule has 2 heteroatoms. The van der Waals surface area contributed by atoms with E-state index in [1.165, 1.54) is 11.1 Å². The second-order valence-electron chi connectivity index (χ2n) is 3.31. The van der Waals surface area contributed by atoms with Gasteiger partial charge < -0.3 is 5.32 Å². The van der Waals surface area contributed by atoms with Crippen LogP contribution in [0.2, 0.25) is 0 Å². The highest BCUT2D eigenvalue weighted by atomic mass is 16.1. The summed E-state index contributed by atoms with van der Waals surface area (Å²) in [4.78, 5) is 10.0. The maximum absolute atomic E-state index is 10.0. The van der Waals surface area contributed by atoms with E-state index in [4.69, 9.17) is 0 Å². The summed E-state index contributed by atoms with van der Waals surface area (Å²) in [6.07, 6.45) is 1.68. The number of hydrogen-bond acceptors (Lipinski definition) is 1. The van der Waals surface area contributed by atoms with E-state index in [0.717, 1.165) is 0 Å². The molecule has 0 aliphatic heterocycles. The van der Waals surface area contributed by atoms with Crippen LogP contribution >= 0.6 is 0 Å². The standard InChI is InChI=1S/C11H14NO/c1-9(2)11-6-4-3-5-10(11)7-12-8-13/h3-6,9H,7H2,1-2H3,(H,12,13). The number of rotatable bonds is 4. The quantitative estimate of drug-likeness (QED) is 0.698. The van der Waals surface area contributed by atoms with Crippen molar-refractivity contribution in [1.82, 2.24) is 5.32 Å². The molecule has 0 aliphatic rings. The third-order valence-electron chi connectivity index (χ3n) is 2.03. The second kappa shape index (κ2) is 4.65. The minimum atomic E-state index is 0.490. The van der Waals surface area contributed by atoms with Crippen LogP contribution in [0.15, 0.2) is 24.3 Å². The topological polar surface area (TPSA) is 29.1 Å². The zero-order chi connectivity index (χ0) is 9.68. The molecule has 1 N–H and O–H groups in total. The zero-order valence-corrected chi connectivity index (χ0v) is 8.00. The van der Waals surface area contributed by atoms with E-state index < -0.39 is 0 Å². The van der Waals surface area contributed by atoms with Gasteiger partial charge in [0, 0.05) is 6.54 Å². The van der Waals surface area contributed by atoms with Crippen molar-refractivity contribution in [2.45, 2.75) is 26.3 Å². The van der Waals surface area contributed by atoms with E-state index in [1.807, 2.05) is 18.2 Å². The molecule has 1 aromatic carbocycles. The van der Waals surface area contributed by atoms with Crippen LogP contribution in [0.1, 0.15) is 30.9 Å². The normalized spacial score (nSPS) is 10.1. The maximum Gasteiger partial charge on any atom is 0.309 e. The first-order chi connectivity index (χ1) is 6.25. The Morgan fingerprint density at radius 3 is 2.69 bits per heavy atom. The second-order valence-corrected chi connectivity index (χ2v) is 3.31. The number of carbonyl (C=O) groups excluding carboxylic acids is 1. The maximum atomic E-state index is 10.0. The van der Waals surface area contributed by atoms with Crippen molar-refractivity contribution in [3.63, 3.8) is 0 Å². The van der Waals surface area contributed by atoms with Crippen molar-refractivity contribution in [3.8, 4) is 0 Å². The van der Waals surface area contributed by atoms with E-state index in [2.05, 4.69) is 25.2 Å². The Morgan fingerprint density at radius 2 is 2.08 bits per heavy atom. The fraction of sp³-hybridized carbons (Fsp3) is 0.364. The van der Waals surface area contributed by atoms with Crippen molar-refractivity contribution >= 4 is 6.41 Å². The van der Waals surface area contributed by atoms with E-state index in [9.17, 15) is 4.79 Å². The monoisotopic (exact) mass is 176 g/mol. The van der Waals surface area contributed by atoms with Crippen molar-refractivity contribution in [1.29, 1.82) is 0 Å². The molecule has 69 valence electrons. The molecule has 0 aliphatic carbocycles. The molecule has 1 aromatic rings. The first-order valence-electron chi connectivity index (χ1n) is 4.43. The summed E-state index contributed by atoms with van der Waals surface area (Å²) < 4.78 is 0. The highest BCUT2D eigenvalue weighted by Crippen LogP contribution is 2.18. The van der Waals surface area contributed by atoms with Gasteiger partial charge in [-0.25, -0.2) is 0 Å². The molecule has 1 amide bonds. The van der Waals surface area contributed by atoms with Crippen molar-refractivity contribution in [3.05, 3.63) is 35.4 Å². The van der Waals surface area contributed by atoms with Crippen LogP contribution in [0, 0.1) is 0 Å². The van der Waals surface area contributed by atoms with E-state index in [-0.39, 0.29) is 0 Å². The Hall–Kier alpha value is -1.31. The Balaban J connectivity index is 2.84. The lowest BCUT2D eigenvalue weighted by molar-refractivity contribution is 0.541. The first-order valence-corrected chi connectivity index (χ1v) is 4.43. The molecule has 0 fully saturated rings. The van der Waals surface area contributed by atoms with Gasteiger partial charge in [-0.2, -0.15) is 0 Å². The number of benzene rings is 1. The molecular weight excluding hydrogens is 162 g/mol. The molecule has 0 heterocycles. The van der Waals surface area contributed by atoms with Gasteiger partial charge in [0.2, 0.25) is 0 Å². The van der Waals surface area contributed by atoms with Crippen molar-refractivity contribution in [2.75, 3.05) is 0 Å². The minimum Gasteiger partial charge on any atom is -0.344 e. The summed E-state index contributed by atoms with van der Waals surface area (Å²) in [6.45, 7) is 4.85. The predicted molar refractivity (Wildman–Crippen MR) is 53.1 cm³/mol. The fourth-order valence-corrected chi connectivity index (χ4v) is 1.39. The Labute approximate surface area is 79.0 Å². The van der Waals surface area contributed by atoms with Crippen LogP contribution in [0.4, 0.5) is 0 Å². The highest BCUT2D eigenvalue weighted by Gasteiger charge is 2.04. The largest absolute Gasteiger partial charge is 0.344 e. The molecule has 2 nitrogen and oxygen atoms in total. The molecule has 0 spiro atoms. The van der Waals surface area contributed by atoms with Crippen LogP contribution in [0.25, 0.3) is 0 Å². The van der Waals surface area contributed by atoms with Gasteiger partial charge in [0.05, 0.1) is 0 Å². The number of hydrogen-bond donors (Lipinski definition) is 1. The van der Waals surface area contributed by atoms with Crippen LogP contribution in [0.5, 0.6) is 0 Å². The Kier molecular flexibility index (Phi) is 3.50. The van der Waals surface area contributed by atoms with Gasteiger partial charge in [0.15, 0.2) is 0 Å². The van der Waals surface area contributed by atoms with Gasteiger partial charge in [-0.05, 0) is 17.0 Å². The SMILES string of the molecule is CC(C)c1ccccc1CN[C]=O. The highest BCUT2D eigenvalue weighted by molar-refractivity contribution is 5.47. The van der Waals surface area contributed by atoms with Gasteiger partial charge >= 0.3 is 6.41 Å². The molecule has 0 aromatic heterocycles. The summed E-state index contributed by atoms with van der Waals surface area (Å²) in [5, 5.41) is 2.55. The molecule has 0 bridgehead atoms. The van der Waals surface area contributed by atoms with E-state index in [1.54, 1.807) is 6.41 Å². The summed E-state index contributed by atoms with van der Waals surface area (Å²) in [5.74, 6) is 0.490. The molecule has 0 atom stereocenters. The summed E-state index contributed by atoms with van der Waals surface area (Å²) in [5.41, 5.74) is 2.45. The van der Waals surface area contributed by atoms with Gasteiger partial charge in [-0.1, -0.05) is 38.1 Å². The lowest BCUT2D eigenvalue weighted by Gasteiger charge is -2.11. The smallest absolute Gasteiger partial charge is 0.309 e. The number of nitrogens with one attached hydrogen (secondary N) is 1. The van der Waals surface area contributed by atoms with Gasteiger partial charge in [0.25, 0.3) is 0 Å².